The summed E-state index contributed by atoms with van der Waals surface area (Å²) in [6.45, 7) is 0. The van der Waals surface area contributed by atoms with Crippen molar-refractivity contribution in [3.8, 4) is 0 Å². The van der Waals surface area contributed by atoms with Gasteiger partial charge in [0.05, 0.1) is 4.90 Å². The molecule has 0 bridgehead atoms. The number of sulfonamides is 1. The lowest BCUT2D eigenvalue weighted by molar-refractivity contribution is 0.598. The molecule has 0 aliphatic rings. The third-order valence-electron chi connectivity index (χ3n) is 2.95. The summed E-state index contributed by atoms with van der Waals surface area (Å²) < 4.78 is 30.3. The second kappa shape index (κ2) is 6.41. The highest BCUT2D eigenvalue weighted by Gasteiger charge is 2.15. The van der Waals surface area contributed by atoms with E-state index < -0.39 is 10.0 Å². The summed E-state index contributed by atoms with van der Waals surface area (Å²) in [6.07, 6.45) is 2.82. The lowest BCUT2D eigenvalue weighted by Gasteiger charge is -2.10. The van der Waals surface area contributed by atoms with Crippen LogP contribution in [0.25, 0.3) is 0 Å². The summed E-state index contributed by atoms with van der Waals surface area (Å²) in [4.78, 5) is 0.124. The van der Waals surface area contributed by atoms with Crippen LogP contribution in [0.5, 0.6) is 0 Å². The number of hydrogen-bond acceptors (Lipinski definition) is 4. The molecule has 0 radical (unpaired) electrons. The van der Waals surface area contributed by atoms with Crippen LogP contribution in [0.4, 0.5) is 0 Å². The molecule has 0 aliphatic carbocycles. The SMILES string of the molecule is O=S(=O)(N=C(Nn1cnnc1)c1ccccc1)c1ccccc1. The molecule has 3 aromatic rings. The summed E-state index contributed by atoms with van der Waals surface area (Å²) in [5.74, 6) is 0.175. The molecule has 7 nitrogen and oxygen atoms in total. The molecule has 0 amide bonds. The molecule has 1 heterocycles. The Morgan fingerprint density at radius 2 is 1.48 bits per heavy atom. The smallest absolute Gasteiger partial charge is 0.274 e. The molecule has 3 rings (SSSR count). The molecule has 1 aromatic heterocycles. The molecule has 0 aliphatic heterocycles. The van der Waals surface area contributed by atoms with Gasteiger partial charge in [-0.2, -0.15) is 8.42 Å². The second-order valence-corrected chi connectivity index (χ2v) is 6.18. The monoisotopic (exact) mass is 327 g/mol. The Morgan fingerprint density at radius 1 is 0.913 bits per heavy atom. The Kier molecular flexibility index (Phi) is 4.15. The van der Waals surface area contributed by atoms with E-state index in [0.717, 1.165) is 0 Å². The van der Waals surface area contributed by atoms with Gasteiger partial charge in [-0.15, -0.1) is 14.6 Å². The van der Waals surface area contributed by atoms with Crippen LogP contribution in [-0.4, -0.2) is 29.1 Å². The van der Waals surface area contributed by atoms with Crippen LogP contribution in [0.2, 0.25) is 0 Å². The molecule has 0 atom stereocenters. The van der Waals surface area contributed by atoms with E-state index in [1.807, 2.05) is 6.07 Å². The van der Waals surface area contributed by atoms with Crippen molar-refractivity contribution in [3.05, 3.63) is 78.9 Å². The van der Waals surface area contributed by atoms with Gasteiger partial charge in [0.1, 0.15) is 12.7 Å². The standard InChI is InChI=1S/C15H13N5O2S/c21-23(22,14-9-5-2-6-10-14)19-15(13-7-3-1-4-8-13)18-20-11-16-17-12-20/h1-12H,(H,18,19). The van der Waals surface area contributed by atoms with Crippen molar-refractivity contribution in [3.63, 3.8) is 0 Å². The fraction of sp³-hybridized carbons (Fsp3) is 0. The van der Waals surface area contributed by atoms with Gasteiger partial charge in [0.2, 0.25) is 0 Å². The van der Waals surface area contributed by atoms with Crippen LogP contribution in [0.1, 0.15) is 5.56 Å². The van der Waals surface area contributed by atoms with E-state index in [2.05, 4.69) is 20.0 Å². The van der Waals surface area contributed by atoms with Gasteiger partial charge in [-0.25, -0.2) is 4.68 Å². The lowest BCUT2D eigenvalue weighted by Crippen LogP contribution is -2.24. The number of nitrogens with one attached hydrogen (secondary N) is 1. The van der Waals surface area contributed by atoms with Crippen LogP contribution in [-0.2, 0) is 10.0 Å². The topological polar surface area (TPSA) is 89.2 Å². The van der Waals surface area contributed by atoms with E-state index >= 15 is 0 Å². The zero-order chi connectivity index (χ0) is 16.1. The number of hydrogen-bond donors (Lipinski definition) is 1. The van der Waals surface area contributed by atoms with Crippen molar-refractivity contribution < 1.29 is 8.42 Å². The van der Waals surface area contributed by atoms with Gasteiger partial charge < -0.3 is 0 Å². The molecule has 0 saturated carbocycles. The lowest BCUT2D eigenvalue weighted by atomic mass is 10.2. The zero-order valence-electron chi connectivity index (χ0n) is 11.9. The summed E-state index contributed by atoms with van der Waals surface area (Å²) in [6, 6.07) is 17.0. The number of aromatic nitrogens is 3. The second-order valence-electron chi connectivity index (χ2n) is 4.57. The maximum absolute atomic E-state index is 12.5. The molecular weight excluding hydrogens is 314 g/mol. The minimum Gasteiger partial charge on any atom is -0.274 e. The maximum Gasteiger partial charge on any atom is 0.284 e. The van der Waals surface area contributed by atoms with Crippen molar-refractivity contribution in [1.29, 1.82) is 0 Å². The van der Waals surface area contributed by atoms with Crippen LogP contribution < -0.4 is 5.43 Å². The Hall–Kier alpha value is -3.00. The van der Waals surface area contributed by atoms with Gasteiger partial charge in [0.25, 0.3) is 10.0 Å². The van der Waals surface area contributed by atoms with E-state index in [4.69, 9.17) is 0 Å². The summed E-state index contributed by atoms with van der Waals surface area (Å²) in [5, 5.41) is 7.34. The van der Waals surface area contributed by atoms with Gasteiger partial charge in [-0.3, -0.25) is 5.43 Å². The minimum atomic E-state index is -3.84. The van der Waals surface area contributed by atoms with Crippen molar-refractivity contribution in [2.24, 2.45) is 4.40 Å². The summed E-state index contributed by atoms with van der Waals surface area (Å²) in [7, 11) is -3.84. The normalized spacial score (nSPS) is 12.1. The summed E-state index contributed by atoms with van der Waals surface area (Å²) in [5.41, 5.74) is 3.49. The van der Waals surface area contributed by atoms with Gasteiger partial charge in [-0.1, -0.05) is 48.5 Å². The third-order valence-corrected chi connectivity index (χ3v) is 4.24. The Balaban J connectivity index is 2.04. The van der Waals surface area contributed by atoms with Gasteiger partial charge in [-0.05, 0) is 12.1 Å². The molecule has 23 heavy (non-hydrogen) atoms. The van der Waals surface area contributed by atoms with E-state index in [0.29, 0.717) is 5.56 Å². The van der Waals surface area contributed by atoms with Crippen LogP contribution >= 0.6 is 0 Å². The molecule has 8 heteroatoms. The predicted molar refractivity (Wildman–Crippen MR) is 86.0 cm³/mol. The molecule has 1 N–H and O–H groups in total. The van der Waals surface area contributed by atoms with Crippen LogP contribution in [0, 0.1) is 0 Å². The molecular formula is C15H13N5O2S. The highest BCUT2D eigenvalue weighted by atomic mass is 32.2. The highest BCUT2D eigenvalue weighted by molar-refractivity contribution is 7.90. The van der Waals surface area contributed by atoms with E-state index in [1.165, 1.54) is 29.5 Å². The molecule has 0 spiro atoms. The minimum absolute atomic E-state index is 0.124. The first-order valence-electron chi connectivity index (χ1n) is 6.72. The quantitative estimate of drug-likeness (QED) is 0.581. The number of amidine groups is 1. The molecule has 0 saturated heterocycles. The summed E-state index contributed by atoms with van der Waals surface area (Å²) >= 11 is 0. The van der Waals surface area contributed by atoms with Gasteiger partial charge in [0.15, 0.2) is 5.84 Å². The van der Waals surface area contributed by atoms with Crippen LogP contribution in [0.3, 0.4) is 0 Å². The van der Waals surface area contributed by atoms with E-state index in [9.17, 15) is 8.42 Å². The number of nitrogens with zero attached hydrogens (tertiary/aromatic N) is 4. The predicted octanol–water partition coefficient (Wildman–Crippen LogP) is 1.66. The van der Waals surface area contributed by atoms with E-state index in [-0.39, 0.29) is 10.7 Å². The largest absolute Gasteiger partial charge is 0.284 e. The molecule has 0 fully saturated rings. The maximum atomic E-state index is 12.5. The van der Waals surface area contributed by atoms with E-state index in [1.54, 1.807) is 42.5 Å². The first kappa shape index (κ1) is 14.9. The molecule has 116 valence electrons. The zero-order valence-corrected chi connectivity index (χ0v) is 12.8. The first-order valence-corrected chi connectivity index (χ1v) is 8.16. The van der Waals surface area contributed by atoms with Crippen molar-refractivity contribution >= 4 is 15.9 Å². The average Bonchev–Trinajstić information content (AvgIpc) is 3.09. The molecule has 2 aromatic carbocycles. The van der Waals surface area contributed by atoms with Gasteiger partial charge in [0, 0.05) is 5.56 Å². The molecule has 0 unspecified atom stereocenters. The first-order chi connectivity index (χ1) is 11.1. The average molecular weight is 327 g/mol. The van der Waals surface area contributed by atoms with Crippen molar-refractivity contribution in [2.75, 3.05) is 5.43 Å². The van der Waals surface area contributed by atoms with Crippen LogP contribution in [0.15, 0.2) is 82.6 Å². The number of benzene rings is 2. The van der Waals surface area contributed by atoms with Gasteiger partial charge >= 0.3 is 0 Å². The Labute approximate surface area is 133 Å². The number of rotatable bonds is 4. The fourth-order valence-electron chi connectivity index (χ4n) is 1.88. The van der Waals surface area contributed by atoms with Crippen molar-refractivity contribution in [1.82, 2.24) is 14.9 Å². The van der Waals surface area contributed by atoms with Crippen molar-refractivity contribution in [2.45, 2.75) is 4.90 Å². The Morgan fingerprint density at radius 3 is 2.09 bits per heavy atom. The third kappa shape index (κ3) is 3.61. The Bertz CT molecular complexity index is 892. The fourth-order valence-corrected chi connectivity index (χ4v) is 2.87. The highest BCUT2D eigenvalue weighted by Crippen LogP contribution is 2.13.